The minimum atomic E-state index is -0.821. The van der Waals surface area contributed by atoms with Crippen LogP contribution in [0.25, 0.3) is 0 Å². The van der Waals surface area contributed by atoms with Crippen LogP contribution in [0.4, 0.5) is 5.13 Å². The van der Waals surface area contributed by atoms with E-state index in [0.29, 0.717) is 11.2 Å². The van der Waals surface area contributed by atoms with Gasteiger partial charge in [-0.25, -0.2) is 4.98 Å². The molecule has 1 aromatic rings. The number of nitrogens with zero attached hydrogens (tertiary/aromatic N) is 2. The lowest BCUT2D eigenvalue weighted by atomic mass is 10.2. The van der Waals surface area contributed by atoms with Gasteiger partial charge in [-0.15, -0.1) is 11.3 Å². The monoisotopic (exact) mass is 260 g/mol. The maximum atomic E-state index is 10.8. The quantitative estimate of drug-likeness (QED) is 0.904. The maximum Gasteiger partial charge on any atom is 0.323 e. The lowest BCUT2D eigenvalue weighted by Crippen LogP contribution is -2.37. The molecule has 0 aromatic carbocycles. The van der Waals surface area contributed by atoms with Crippen LogP contribution in [0, 0.1) is 0 Å². The highest BCUT2D eigenvalue weighted by Crippen LogP contribution is 2.31. The molecule has 1 aromatic heterocycles. The fourth-order valence-corrected chi connectivity index (χ4v) is 3.11. The van der Waals surface area contributed by atoms with Crippen molar-refractivity contribution in [3.05, 3.63) is 10.5 Å². The largest absolute Gasteiger partial charge is 0.480 e. The molecule has 0 unspecified atom stereocenters. The van der Waals surface area contributed by atoms with Crippen molar-refractivity contribution in [2.24, 2.45) is 0 Å². The number of hydrogen-bond acceptors (Lipinski definition) is 4. The van der Waals surface area contributed by atoms with Gasteiger partial charge in [0.2, 0.25) is 0 Å². The fourth-order valence-electron chi connectivity index (χ4n) is 2.09. The van der Waals surface area contributed by atoms with Crippen molar-refractivity contribution in [3.8, 4) is 0 Å². The Labute approximate surface area is 103 Å². The number of halogens is 1. The maximum absolute atomic E-state index is 10.8. The molecule has 0 aliphatic heterocycles. The van der Waals surface area contributed by atoms with Crippen LogP contribution >= 0.6 is 22.9 Å². The van der Waals surface area contributed by atoms with Crippen LogP contribution in [0.3, 0.4) is 0 Å². The van der Waals surface area contributed by atoms with Crippen molar-refractivity contribution < 1.29 is 9.90 Å². The summed E-state index contributed by atoms with van der Waals surface area (Å²) in [4.78, 5) is 16.9. The van der Waals surface area contributed by atoms with E-state index in [-0.39, 0.29) is 6.54 Å². The van der Waals surface area contributed by atoms with E-state index in [0.717, 1.165) is 18.0 Å². The number of thiazole rings is 1. The fraction of sp³-hybridized carbons (Fsp3) is 0.600. The summed E-state index contributed by atoms with van der Waals surface area (Å²) < 4.78 is 0. The first-order valence-electron chi connectivity index (χ1n) is 5.26. The van der Waals surface area contributed by atoms with Crippen molar-refractivity contribution in [1.29, 1.82) is 0 Å². The third-order valence-corrected chi connectivity index (χ3v) is 3.98. The van der Waals surface area contributed by atoms with Gasteiger partial charge in [-0.2, -0.15) is 0 Å². The third-order valence-electron chi connectivity index (χ3n) is 2.78. The van der Waals surface area contributed by atoms with E-state index in [1.54, 1.807) is 5.38 Å². The number of rotatable bonds is 4. The molecule has 88 valence electrons. The lowest BCUT2D eigenvalue weighted by Gasteiger charge is -2.26. The summed E-state index contributed by atoms with van der Waals surface area (Å²) in [5, 5.41) is 11.8. The molecule has 16 heavy (non-hydrogen) atoms. The van der Waals surface area contributed by atoms with E-state index in [1.165, 1.54) is 24.2 Å². The minimum Gasteiger partial charge on any atom is -0.480 e. The molecular weight excluding hydrogens is 248 g/mol. The van der Waals surface area contributed by atoms with Gasteiger partial charge in [-0.3, -0.25) is 4.79 Å². The Kier molecular flexibility index (Phi) is 3.66. The molecule has 2 rings (SSSR count). The Balaban J connectivity index is 2.16. The summed E-state index contributed by atoms with van der Waals surface area (Å²) in [5.41, 5.74) is 0. The molecule has 0 saturated heterocycles. The average molecular weight is 261 g/mol. The Morgan fingerprint density at radius 2 is 2.31 bits per heavy atom. The van der Waals surface area contributed by atoms with Gasteiger partial charge < -0.3 is 10.0 Å². The second-order valence-electron chi connectivity index (χ2n) is 3.91. The summed E-state index contributed by atoms with van der Waals surface area (Å²) in [5.74, 6) is -0.821. The van der Waals surface area contributed by atoms with Crippen molar-refractivity contribution in [2.75, 3.05) is 11.4 Å². The zero-order chi connectivity index (χ0) is 11.5. The molecule has 1 fully saturated rings. The van der Waals surface area contributed by atoms with Gasteiger partial charge in [-0.05, 0) is 12.8 Å². The SMILES string of the molecule is O=C(O)CN(c1nc(Cl)cs1)C1CCCC1. The molecule has 0 atom stereocenters. The molecule has 4 nitrogen and oxygen atoms in total. The second-order valence-corrected chi connectivity index (χ2v) is 5.14. The molecule has 0 radical (unpaired) electrons. The zero-order valence-electron chi connectivity index (χ0n) is 8.73. The van der Waals surface area contributed by atoms with Crippen LogP contribution in [-0.2, 0) is 4.79 Å². The first kappa shape index (κ1) is 11.7. The van der Waals surface area contributed by atoms with Gasteiger partial charge >= 0.3 is 5.97 Å². The van der Waals surface area contributed by atoms with Crippen molar-refractivity contribution in [2.45, 2.75) is 31.7 Å². The summed E-state index contributed by atoms with van der Waals surface area (Å²) >= 11 is 7.18. The van der Waals surface area contributed by atoms with Crippen LogP contribution in [0.5, 0.6) is 0 Å². The van der Waals surface area contributed by atoms with Crippen molar-refractivity contribution in [1.82, 2.24) is 4.98 Å². The minimum absolute atomic E-state index is 0.00844. The summed E-state index contributed by atoms with van der Waals surface area (Å²) in [7, 11) is 0. The molecule has 0 bridgehead atoms. The van der Waals surface area contributed by atoms with E-state index in [1.807, 2.05) is 4.90 Å². The van der Waals surface area contributed by atoms with E-state index in [2.05, 4.69) is 4.98 Å². The van der Waals surface area contributed by atoms with Gasteiger partial charge in [0, 0.05) is 11.4 Å². The van der Waals surface area contributed by atoms with Crippen LogP contribution in [0.1, 0.15) is 25.7 Å². The molecule has 0 amide bonds. The highest BCUT2D eigenvalue weighted by Gasteiger charge is 2.26. The standard InChI is InChI=1S/C10H13ClN2O2S/c11-8-6-16-10(12-8)13(5-9(14)15)7-3-1-2-4-7/h6-7H,1-5H2,(H,14,15). The van der Waals surface area contributed by atoms with Crippen molar-refractivity contribution >= 4 is 34.0 Å². The Hall–Kier alpha value is -0.810. The van der Waals surface area contributed by atoms with Gasteiger partial charge in [0.25, 0.3) is 0 Å². The Bertz CT molecular complexity index is 377. The Morgan fingerprint density at radius 1 is 1.62 bits per heavy atom. The normalized spacial score (nSPS) is 16.6. The average Bonchev–Trinajstić information content (AvgIpc) is 2.84. The number of hydrogen-bond donors (Lipinski definition) is 1. The summed E-state index contributed by atoms with van der Waals surface area (Å²) in [6, 6.07) is 0.304. The van der Waals surface area contributed by atoms with Crippen LogP contribution in [0.15, 0.2) is 5.38 Å². The summed E-state index contributed by atoms with van der Waals surface area (Å²) in [6.45, 7) is 0.00844. The van der Waals surface area contributed by atoms with Crippen molar-refractivity contribution in [3.63, 3.8) is 0 Å². The Morgan fingerprint density at radius 3 is 2.81 bits per heavy atom. The molecule has 1 N–H and O–H groups in total. The first-order valence-corrected chi connectivity index (χ1v) is 6.52. The van der Waals surface area contributed by atoms with Gasteiger partial charge in [0.1, 0.15) is 11.7 Å². The van der Waals surface area contributed by atoms with E-state index in [4.69, 9.17) is 16.7 Å². The molecule has 1 aliphatic carbocycles. The number of aliphatic carboxylic acids is 1. The molecule has 1 saturated carbocycles. The van der Waals surface area contributed by atoms with Gasteiger partial charge in [-0.1, -0.05) is 24.4 Å². The van der Waals surface area contributed by atoms with E-state index in [9.17, 15) is 4.79 Å². The number of carboxylic acids is 1. The first-order chi connectivity index (χ1) is 7.66. The summed E-state index contributed by atoms with van der Waals surface area (Å²) in [6.07, 6.45) is 4.43. The third kappa shape index (κ3) is 2.65. The molecule has 6 heteroatoms. The number of carbonyl (C=O) groups is 1. The highest BCUT2D eigenvalue weighted by molar-refractivity contribution is 7.14. The van der Waals surface area contributed by atoms with Gasteiger partial charge in [0.05, 0.1) is 0 Å². The number of aromatic nitrogens is 1. The molecular formula is C10H13ClN2O2S. The topological polar surface area (TPSA) is 53.4 Å². The van der Waals surface area contributed by atoms with Crippen LogP contribution in [0.2, 0.25) is 5.15 Å². The van der Waals surface area contributed by atoms with Gasteiger partial charge in [0.15, 0.2) is 5.13 Å². The molecule has 1 heterocycles. The molecule has 0 spiro atoms. The second kappa shape index (κ2) is 5.01. The zero-order valence-corrected chi connectivity index (χ0v) is 10.3. The smallest absolute Gasteiger partial charge is 0.323 e. The number of carboxylic acid groups (broad SMARTS) is 1. The van der Waals surface area contributed by atoms with E-state index >= 15 is 0 Å². The van der Waals surface area contributed by atoms with Crippen LogP contribution < -0.4 is 4.90 Å². The molecule has 1 aliphatic rings. The highest BCUT2D eigenvalue weighted by atomic mass is 35.5. The number of anilines is 1. The lowest BCUT2D eigenvalue weighted by molar-refractivity contribution is -0.135. The predicted molar refractivity (Wildman–Crippen MR) is 64.4 cm³/mol. The predicted octanol–water partition coefficient (Wildman–Crippen LogP) is 2.63. The van der Waals surface area contributed by atoms with Crippen LogP contribution in [-0.4, -0.2) is 28.6 Å². The van der Waals surface area contributed by atoms with E-state index < -0.39 is 5.97 Å².